The van der Waals surface area contributed by atoms with Gasteiger partial charge in [-0.25, -0.2) is 5.43 Å². The highest BCUT2D eigenvalue weighted by Crippen LogP contribution is 2.32. The lowest BCUT2D eigenvalue weighted by atomic mass is 9.90. The number of phenolic OH excluding ortho intramolecular Hbond substituents is 1. The van der Waals surface area contributed by atoms with Crippen LogP contribution in [0.5, 0.6) is 11.5 Å². The number of nitrogens with zero attached hydrogens (tertiary/aromatic N) is 1. The normalized spacial score (nSPS) is 16.6. The Morgan fingerprint density at radius 3 is 3.16 bits per heavy atom. The summed E-state index contributed by atoms with van der Waals surface area (Å²) in [5, 5.41) is 14.1. The fourth-order valence-electron chi connectivity index (χ4n) is 2.95. The Bertz CT molecular complexity index is 798. The summed E-state index contributed by atoms with van der Waals surface area (Å²) in [5.74, 6) is 0.876. The van der Waals surface area contributed by atoms with E-state index in [1.165, 1.54) is 23.1 Å². The standard InChI is InChI=1S/C19H22N2O3S/c1-3-24-15-6-4-5-13(18(15)22)11-20-21-19(23)17-10-14-9-12(2)7-8-16(14)25-17/h4-6,10-12,22H,3,7-9H2,1-2H3,(H,21,23)/b20-11+/t12-/m0/s1. The molecule has 1 aromatic heterocycles. The van der Waals surface area contributed by atoms with Gasteiger partial charge >= 0.3 is 0 Å². The van der Waals surface area contributed by atoms with Gasteiger partial charge in [-0.1, -0.05) is 13.0 Å². The van der Waals surface area contributed by atoms with Crippen LogP contribution in [0.4, 0.5) is 0 Å². The number of fused-ring (bicyclic) bond motifs is 1. The summed E-state index contributed by atoms with van der Waals surface area (Å²) in [4.78, 5) is 14.3. The summed E-state index contributed by atoms with van der Waals surface area (Å²) in [6.45, 7) is 4.56. The van der Waals surface area contributed by atoms with Crippen LogP contribution in [0, 0.1) is 5.92 Å². The molecule has 1 heterocycles. The van der Waals surface area contributed by atoms with Crippen LogP contribution in [-0.4, -0.2) is 23.8 Å². The predicted molar refractivity (Wildman–Crippen MR) is 99.8 cm³/mol. The van der Waals surface area contributed by atoms with E-state index in [2.05, 4.69) is 17.5 Å². The summed E-state index contributed by atoms with van der Waals surface area (Å²) in [6, 6.07) is 7.14. The number of aromatic hydroxyl groups is 1. The highest BCUT2D eigenvalue weighted by Gasteiger charge is 2.20. The molecule has 1 aliphatic carbocycles. The number of carbonyl (C=O) groups is 1. The molecular formula is C19H22N2O3S. The number of carbonyl (C=O) groups excluding carboxylic acids is 1. The number of hydrogen-bond acceptors (Lipinski definition) is 5. The highest BCUT2D eigenvalue weighted by atomic mass is 32.1. The number of hydrogen-bond donors (Lipinski definition) is 2. The molecule has 6 heteroatoms. The first-order chi connectivity index (χ1) is 12.1. The molecule has 0 saturated carbocycles. The zero-order valence-corrected chi connectivity index (χ0v) is 15.2. The van der Waals surface area contributed by atoms with Crippen LogP contribution in [0.3, 0.4) is 0 Å². The average Bonchev–Trinajstić information content (AvgIpc) is 3.01. The van der Waals surface area contributed by atoms with Crippen LogP contribution >= 0.6 is 11.3 Å². The lowest BCUT2D eigenvalue weighted by molar-refractivity contribution is 0.0959. The SMILES string of the molecule is CCOc1cccc(/C=N/NC(=O)c2cc3c(s2)CC[C@H](C)C3)c1O. The molecule has 1 atom stereocenters. The van der Waals surface area contributed by atoms with Crippen molar-refractivity contribution in [3.05, 3.63) is 45.1 Å². The van der Waals surface area contributed by atoms with Crippen LogP contribution in [0.1, 0.15) is 45.9 Å². The summed E-state index contributed by atoms with van der Waals surface area (Å²) in [5.41, 5.74) is 4.32. The van der Waals surface area contributed by atoms with E-state index in [0.29, 0.717) is 28.7 Å². The van der Waals surface area contributed by atoms with Crippen molar-refractivity contribution in [1.82, 2.24) is 5.43 Å². The van der Waals surface area contributed by atoms with Gasteiger partial charge in [0.2, 0.25) is 0 Å². The predicted octanol–water partition coefficient (Wildman–Crippen LogP) is 3.74. The van der Waals surface area contributed by atoms with E-state index < -0.39 is 0 Å². The van der Waals surface area contributed by atoms with Gasteiger partial charge in [0.05, 0.1) is 17.7 Å². The van der Waals surface area contributed by atoms with Crippen molar-refractivity contribution in [3.8, 4) is 11.5 Å². The molecule has 0 bridgehead atoms. The van der Waals surface area contributed by atoms with Crippen molar-refractivity contribution in [2.45, 2.75) is 33.1 Å². The van der Waals surface area contributed by atoms with E-state index >= 15 is 0 Å². The molecule has 2 N–H and O–H groups in total. The molecule has 132 valence electrons. The van der Waals surface area contributed by atoms with Crippen LogP contribution in [0.2, 0.25) is 0 Å². The number of rotatable bonds is 5. The number of ether oxygens (including phenoxy) is 1. The van der Waals surface area contributed by atoms with Crippen LogP contribution < -0.4 is 10.2 Å². The molecule has 3 rings (SSSR count). The smallest absolute Gasteiger partial charge is 0.281 e. The minimum atomic E-state index is -0.219. The van der Waals surface area contributed by atoms with Gasteiger partial charge in [0.25, 0.3) is 5.91 Å². The minimum Gasteiger partial charge on any atom is -0.504 e. The van der Waals surface area contributed by atoms with Gasteiger partial charge in [0, 0.05) is 10.4 Å². The van der Waals surface area contributed by atoms with Crippen LogP contribution in [-0.2, 0) is 12.8 Å². The molecule has 0 saturated heterocycles. The molecule has 2 aromatic rings. The number of benzene rings is 1. The van der Waals surface area contributed by atoms with Gasteiger partial charge in [0.1, 0.15) is 0 Å². The zero-order valence-electron chi connectivity index (χ0n) is 14.4. The molecule has 0 unspecified atom stereocenters. The van der Waals surface area contributed by atoms with Crippen molar-refractivity contribution in [2.24, 2.45) is 11.0 Å². The number of amides is 1. The van der Waals surface area contributed by atoms with E-state index in [-0.39, 0.29) is 11.7 Å². The first-order valence-electron chi connectivity index (χ1n) is 8.48. The summed E-state index contributed by atoms with van der Waals surface area (Å²) in [7, 11) is 0. The van der Waals surface area contributed by atoms with Gasteiger partial charge in [0.15, 0.2) is 11.5 Å². The molecule has 1 aromatic carbocycles. The Balaban J connectivity index is 1.66. The number of hydrazone groups is 1. The van der Waals surface area contributed by atoms with Gasteiger partial charge in [-0.2, -0.15) is 5.10 Å². The topological polar surface area (TPSA) is 70.9 Å². The van der Waals surface area contributed by atoms with E-state index in [4.69, 9.17) is 4.74 Å². The van der Waals surface area contributed by atoms with E-state index in [0.717, 1.165) is 12.8 Å². The Morgan fingerprint density at radius 2 is 2.36 bits per heavy atom. The second-order valence-corrected chi connectivity index (χ2v) is 7.37. The van der Waals surface area contributed by atoms with Gasteiger partial charge in [-0.3, -0.25) is 4.79 Å². The van der Waals surface area contributed by atoms with Gasteiger partial charge in [-0.05, 0) is 55.9 Å². The Hall–Kier alpha value is -2.34. The third-order valence-corrected chi connectivity index (χ3v) is 5.49. The number of aryl methyl sites for hydroxylation is 1. The molecule has 1 amide bonds. The zero-order chi connectivity index (χ0) is 17.8. The molecular weight excluding hydrogens is 336 g/mol. The Labute approximate surface area is 151 Å². The van der Waals surface area contributed by atoms with E-state index in [1.807, 2.05) is 13.0 Å². The molecule has 0 fully saturated rings. The molecule has 5 nitrogen and oxygen atoms in total. The lowest BCUT2D eigenvalue weighted by Gasteiger charge is -2.16. The fourth-order valence-corrected chi connectivity index (χ4v) is 4.05. The van der Waals surface area contributed by atoms with Crippen molar-refractivity contribution >= 4 is 23.5 Å². The third kappa shape index (κ3) is 4.02. The number of phenols is 1. The maximum atomic E-state index is 12.3. The Morgan fingerprint density at radius 1 is 1.52 bits per heavy atom. The molecule has 0 radical (unpaired) electrons. The highest BCUT2D eigenvalue weighted by molar-refractivity contribution is 7.14. The fraction of sp³-hybridized carbons (Fsp3) is 0.368. The van der Waals surface area contributed by atoms with Gasteiger partial charge < -0.3 is 9.84 Å². The van der Waals surface area contributed by atoms with Crippen molar-refractivity contribution < 1.29 is 14.6 Å². The molecule has 1 aliphatic rings. The monoisotopic (exact) mass is 358 g/mol. The Kier molecular flexibility index (Phi) is 5.38. The second-order valence-electron chi connectivity index (χ2n) is 6.23. The number of thiophene rings is 1. The molecule has 0 aliphatic heterocycles. The van der Waals surface area contributed by atoms with Crippen LogP contribution in [0.15, 0.2) is 29.4 Å². The third-order valence-electron chi connectivity index (χ3n) is 4.25. The largest absolute Gasteiger partial charge is 0.504 e. The minimum absolute atomic E-state index is 0.0166. The molecule has 25 heavy (non-hydrogen) atoms. The molecule has 0 spiro atoms. The van der Waals surface area contributed by atoms with Crippen molar-refractivity contribution in [3.63, 3.8) is 0 Å². The van der Waals surface area contributed by atoms with E-state index in [9.17, 15) is 9.90 Å². The summed E-state index contributed by atoms with van der Waals surface area (Å²) >= 11 is 1.55. The maximum Gasteiger partial charge on any atom is 0.281 e. The average molecular weight is 358 g/mol. The first kappa shape index (κ1) is 17.5. The summed E-state index contributed by atoms with van der Waals surface area (Å²) in [6.07, 6.45) is 4.70. The van der Waals surface area contributed by atoms with Crippen LogP contribution in [0.25, 0.3) is 0 Å². The van der Waals surface area contributed by atoms with E-state index in [1.54, 1.807) is 29.5 Å². The van der Waals surface area contributed by atoms with Crippen molar-refractivity contribution in [1.29, 1.82) is 0 Å². The number of nitrogens with one attached hydrogen (secondary N) is 1. The number of para-hydroxylation sites is 1. The summed E-state index contributed by atoms with van der Waals surface area (Å²) < 4.78 is 5.33. The van der Waals surface area contributed by atoms with Crippen molar-refractivity contribution in [2.75, 3.05) is 6.61 Å². The second kappa shape index (κ2) is 7.70. The quantitative estimate of drug-likeness (QED) is 0.632. The lowest BCUT2D eigenvalue weighted by Crippen LogP contribution is -2.16. The first-order valence-corrected chi connectivity index (χ1v) is 9.30. The van der Waals surface area contributed by atoms with Gasteiger partial charge in [-0.15, -0.1) is 11.3 Å². The maximum absolute atomic E-state index is 12.3.